The van der Waals surface area contributed by atoms with Crippen molar-refractivity contribution in [2.45, 2.75) is 12.5 Å². The zero-order chi connectivity index (χ0) is 6.69. The van der Waals surface area contributed by atoms with E-state index in [-0.39, 0.29) is 0 Å². The summed E-state index contributed by atoms with van der Waals surface area (Å²) in [5.74, 6) is 0. The number of hydrogen-bond acceptors (Lipinski definition) is 3. The van der Waals surface area contributed by atoms with Gasteiger partial charge in [0.1, 0.15) is 0 Å². The second kappa shape index (κ2) is 3.15. The van der Waals surface area contributed by atoms with Gasteiger partial charge < -0.3 is 16.4 Å². The summed E-state index contributed by atoms with van der Waals surface area (Å²) in [5.41, 5.74) is 11.0. The molecule has 0 aromatic rings. The molecule has 1 rings (SSSR count). The normalized spacial score (nSPS) is 29.3. The zero-order valence-electron chi connectivity index (χ0n) is 5.71. The van der Waals surface area contributed by atoms with Crippen molar-refractivity contribution >= 4 is 0 Å². The molecule has 1 fully saturated rings. The quantitative estimate of drug-likeness (QED) is 0.501. The number of rotatable bonds is 2. The molecule has 3 heteroatoms. The molecule has 3 nitrogen and oxygen atoms in total. The van der Waals surface area contributed by atoms with Crippen LogP contribution in [0.5, 0.6) is 0 Å². The van der Waals surface area contributed by atoms with Crippen LogP contribution in [0.1, 0.15) is 6.42 Å². The molecule has 0 bridgehead atoms. The molecule has 0 aliphatic carbocycles. The Morgan fingerprint density at radius 3 is 2.78 bits per heavy atom. The van der Waals surface area contributed by atoms with Gasteiger partial charge in [0.05, 0.1) is 0 Å². The lowest BCUT2D eigenvalue weighted by atomic mass is 10.3. The van der Waals surface area contributed by atoms with E-state index in [1.54, 1.807) is 0 Å². The molecule has 0 saturated carbocycles. The highest BCUT2D eigenvalue weighted by Gasteiger charge is 2.17. The van der Waals surface area contributed by atoms with Crippen molar-refractivity contribution in [1.29, 1.82) is 0 Å². The molecular weight excluding hydrogens is 114 g/mol. The summed E-state index contributed by atoms with van der Waals surface area (Å²) in [6.07, 6.45) is 1.14. The molecular formula is C6H15N3. The summed E-state index contributed by atoms with van der Waals surface area (Å²) in [5, 5.41) is 0. The maximum Gasteiger partial charge on any atom is 0.0180 e. The van der Waals surface area contributed by atoms with E-state index in [0.29, 0.717) is 6.04 Å². The largest absolute Gasteiger partial charge is 0.329 e. The Morgan fingerprint density at radius 1 is 1.56 bits per heavy atom. The molecule has 1 saturated heterocycles. The molecule has 0 radical (unpaired) electrons. The van der Waals surface area contributed by atoms with Crippen molar-refractivity contribution in [3.05, 3.63) is 0 Å². The summed E-state index contributed by atoms with van der Waals surface area (Å²) < 4.78 is 0. The lowest BCUT2D eigenvalue weighted by molar-refractivity contribution is 0.344. The minimum Gasteiger partial charge on any atom is -0.329 e. The first-order valence-corrected chi connectivity index (χ1v) is 3.51. The first kappa shape index (κ1) is 6.99. The third-order valence-electron chi connectivity index (χ3n) is 1.75. The minimum absolute atomic E-state index is 0.400. The van der Waals surface area contributed by atoms with E-state index in [9.17, 15) is 0 Å². The maximum atomic E-state index is 5.67. The van der Waals surface area contributed by atoms with E-state index in [0.717, 1.165) is 32.6 Å². The van der Waals surface area contributed by atoms with Gasteiger partial charge in [-0.15, -0.1) is 0 Å². The van der Waals surface area contributed by atoms with Crippen LogP contribution in [0.3, 0.4) is 0 Å². The van der Waals surface area contributed by atoms with Gasteiger partial charge in [-0.2, -0.15) is 0 Å². The third kappa shape index (κ3) is 1.93. The smallest absolute Gasteiger partial charge is 0.0180 e. The Bertz CT molecular complexity index is 82.4. The van der Waals surface area contributed by atoms with Crippen LogP contribution in [0.2, 0.25) is 0 Å². The third-order valence-corrected chi connectivity index (χ3v) is 1.75. The molecule has 1 aliphatic rings. The molecule has 1 atom stereocenters. The second-order valence-electron chi connectivity index (χ2n) is 2.64. The maximum absolute atomic E-state index is 5.67. The summed E-state index contributed by atoms with van der Waals surface area (Å²) in [4.78, 5) is 2.31. The molecule has 0 aromatic carbocycles. The van der Waals surface area contributed by atoms with Gasteiger partial charge >= 0.3 is 0 Å². The SMILES string of the molecule is NCCN1CC[C@@H](N)C1. The molecule has 1 heterocycles. The Balaban J connectivity index is 2.14. The van der Waals surface area contributed by atoms with Crippen LogP contribution in [0, 0.1) is 0 Å². The van der Waals surface area contributed by atoms with Crippen molar-refractivity contribution in [3.8, 4) is 0 Å². The van der Waals surface area contributed by atoms with Crippen LogP contribution in [0.4, 0.5) is 0 Å². The number of likely N-dealkylation sites (tertiary alicyclic amines) is 1. The lowest BCUT2D eigenvalue weighted by Crippen LogP contribution is -2.30. The molecule has 1 aliphatic heterocycles. The van der Waals surface area contributed by atoms with Crippen LogP contribution in [-0.4, -0.2) is 37.1 Å². The van der Waals surface area contributed by atoms with E-state index >= 15 is 0 Å². The monoisotopic (exact) mass is 129 g/mol. The van der Waals surface area contributed by atoms with Crippen LogP contribution in [-0.2, 0) is 0 Å². The summed E-state index contributed by atoms with van der Waals surface area (Å²) in [6.45, 7) is 3.94. The van der Waals surface area contributed by atoms with E-state index in [2.05, 4.69) is 4.90 Å². The highest BCUT2D eigenvalue weighted by Crippen LogP contribution is 2.04. The molecule has 0 unspecified atom stereocenters. The van der Waals surface area contributed by atoms with Crippen LogP contribution in [0.15, 0.2) is 0 Å². The van der Waals surface area contributed by atoms with Gasteiger partial charge in [-0.1, -0.05) is 0 Å². The Morgan fingerprint density at radius 2 is 2.33 bits per heavy atom. The van der Waals surface area contributed by atoms with Crippen molar-refractivity contribution in [2.24, 2.45) is 11.5 Å². The predicted octanol–water partition coefficient (Wildman–Crippen LogP) is -1.02. The van der Waals surface area contributed by atoms with Gasteiger partial charge in [-0.25, -0.2) is 0 Å². The Kier molecular flexibility index (Phi) is 2.45. The van der Waals surface area contributed by atoms with Crippen LogP contribution >= 0.6 is 0 Å². The van der Waals surface area contributed by atoms with E-state index < -0.39 is 0 Å². The fraction of sp³-hybridized carbons (Fsp3) is 1.00. The molecule has 0 amide bonds. The van der Waals surface area contributed by atoms with Crippen molar-refractivity contribution < 1.29 is 0 Å². The number of nitrogens with two attached hydrogens (primary N) is 2. The van der Waals surface area contributed by atoms with Gasteiger partial charge in [0.25, 0.3) is 0 Å². The summed E-state index contributed by atoms with van der Waals surface area (Å²) >= 11 is 0. The molecule has 0 spiro atoms. The average molecular weight is 129 g/mol. The lowest BCUT2D eigenvalue weighted by Gasteiger charge is -2.12. The van der Waals surface area contributed by atoms with Crippen molar-refractivity contribution in [2.75, 3.05) is 26.2 Å². The Labute approximate surface area is 56.0 Å². The van der Waals surface area contributed by atoms with Gasteiger partial charge in [0, 0.05) is 25.7 Å². The van der Waals surface area contributed by atoms with Gasteiger partial charge in [0.2, 0.25) is 0 Å². The Hall–Kier alpha value is -0.120. The standard InChI is InChI=1S/C6H15N3/c7-2-4-9-3-1-6(8)5-9/h6H,1-5,7-8H2/t6-/m1/s1. The molecule has 4 N–H and O–H groups in total. The molecule has 9 heavy (non-hydrogen) atoms. The van der Waals surface area contributed by atoms with Gasteiger partial charge in [0.15, 0.2) is 0 Å². The molecule has 0 aromatic heterocycles. The minimum atomic E-state index is 0.400. The summed E-state index contributed by atoms with van der Waals surface area (Å²) in [7, 11) is 0. The van der Waals surface area contributed by atoms with Crippen molar-refractivity contribution in [3.63, 3.8) is 0 Å². The average Bonchev–Trinajstić information content (AvgIpc) is 2.17. The first-order chi connectivity index (χ1) is 4.33. The van der Waals surface area contributed by atoms with Gasteiger partial charge in [-0.3, -0.25) is 0 Å². The fourth-order valence-corrected chi connectivity index (χ4v) is 1.25. The number of hydrogen-bond donors (Lipinski definition) is 2. The van der Waals surface area contributed by atoms with Crippen LogP contribution in [0.25, 0.3) is 0 Å². The van der Waals surface area contributed by atoms with Crippen LogP contribution < -0.4 is 11.5 Å². The highest BCUT2D eigenvalue weighted by atomic mass is 15.2. The van der Waals surface area contributed by atoms with E-state index in [1.165, 1.54) is 0 Å². The second-order valence-corrected chi connectivity index (χ2v) is 2.64. The fourth-order valence-electron chi connectivity index (χ4n) is 1.25. The predicted molar refractivity (Wildman–Crippen MR) is 38.1 cm³/mol. The number of nitrogens with zero attached hydrogens (tertiary/aromatic N) is 1. The zero-order valence-corrected chi connectivity index (χ0v) is 5.71. The van der Waals surface area contributed by atoms with Crippen molar-refractivity contribution in [1.82, 2.24) is 4.90 Å². The van der Waals surface area contributed by atoms with E-state index in [4.69, 9.17) is 11.5 Å². The first-order valence-electron chi connectivity index (χ1n) is 3.51. The van der Waals surface area contributed by atoms with E-state index in [1.807, 2.05) is 0 Å². The van der Waals surface area contributed by atoms with Gasteiger partial charge in [-0.05, 0) is 13.0 Å². The topological polar surface area (TPSA) is 55.3 Å². The molecule has 54 valence electrons. The highest BCUT2D eigenvalue weighted by molar-refractivity contribution is 4.77. The summed E-state index contributed by atoms with van der Waals surface area (Å²) in [6, 6.07) is 0.400.